The van der Waals surface area contributed by atoms with E-state index in [9.17, 15) is 4.79 Å². The molecular formula is C13H18N4OS. The lowest BCUT2D eigenvalue weighted by atomic mass is 10.3. The molecule has 0 atom stereocenters. The molecule has 2 heterocycles. The predicted octanol–water partition coefficient (Wildman–Crippen LogP) is 1.87. The summed E-state index contributed by atoms with van der Waals surface area (Å²) in [4.78, 5) is 14.8. The molecule has 0 aliphatic carbocycles. The largest absolute Gasteiger partial charge is 0.338 e. The summed E-state index contributed by atoms with van der Waals surface area (Å²) in [6.07, 6.45) is 4.56. The standard InChI is InChI=1S/C13H18N4OS/c1-16(9-11-8-15-17(2)10-11)13(18)14-6-5-12-4-3-7-19-12/h3-4,7-8,10H,5-6,9H2,1-2H3,(H,14,18). The molecule has 2 amide bonds. The van der Waals surface area contributed by atoms with Gasteiger partial charge in [-0.05, 0) is 17.9 Å². The van der Waals surface area contributed by atoms with Crippen LogP contribution < -0.4 is 5.32 Å². The minimum atomic E-state index is -0.0552. The molecule has 0 aromatic carbocycles. The maximum absolute atomic E-state index is 11.9. The Morgan fingerprint density at radius 3 is 3.05 bits per heavy atom. The fraction of sp³-hybridized carbons (Fsp3) is 0.385. The van der Waals surface area contributed by atoms with Gasteiger partial charge in [0, 0.05) is 37.3 Å². The van der Waals surface area contributed by atoms with Crippen LogP contribution in [-0.4, -0.2) is 34.3 Å². The van der Waals surface area contributed by atoms with Gasteiger partial charge in [0.05, 0.1) is 12.7 Å². The molecule has 0 fully saturated rings. The van der Waals surface area contributed by atoms with Crippen LogP contribution in [-0.2, 0) is 20.0 Å². The third-order valence-corrected chi connectivity index (χ3v) is 3.69. The molecule has 0 spiro atoms. The molecule has 0 saturated heterocycles. The summed E-state index contributed by atoms with van der Waals surface area (Å²) in [5.74, 6) is 0. The first-order valence-electron chi connectivity index (χ1n) is 6.14. The highest BCUT2D eigenvalue weighted by atomic mass is 32.1. The second-order valence-electron chi connectivity index (χ2n) is 4.44. The highest BCUT2D eigenvalue weighted by Crippen LogP contribution is 2.08. The van der Waals surface area contributed by atoms with Crippen molar-refractivity contribution in [3.63, 3.8) is 0 Å². The molecule has 1 N–H and O–H groups in total. The van der Waals surface area contributed by atoms with Crippen LogP contribution in [0.25, 0.3) is 0 Å². The SMILES string of the molecule is CN(Cc1cnn(C)c1)C(=O)NCCc1cccs1. The first kappa shape index (κ1) is 13.6. The first-order chi connectivity index (χ1) is 9.15. The van der Waals surface area contributed by atoms with Gasteiger partial charge < -0.3 is 10.2 Å². The number of aromatic nitrogens is 2. The van der Waals surface area contributed by atoms with Gasteiger partial charge in [-0.25, -0.2) is 4.79 Å². The van der Waals surface area contributed by atoms with Gasteiger partial charge in [-0.1, -0.05) is 6.07 Å². The molecule has 5 nitrogen and oxygen atoms in total. The topological polar surface area (TPSA) is 50.2 Å². The maximum atomic E-state index is 11.9. The quantitative estimate of drug-likeness (QED) is 0.907. The van der Waals surface area contributed by atoms with Crippen LogP contribution in [0.2, 0.25) is 0 Å². The number of nitrogens with one attached hydrogen (secondary N) is 1. The van der Waals surface area contributed by atoms with E-state index in [1.165, 1.54) is 4.88 Å². The molecule has 0 bridgehead atoms. The van der Waals surface area contributed by atoms with Crippen LogP contribution in [0.1, 0.15) is 10.4 Å². The molecule has 0 aliphatic heterocycles. The maximum Gasteiger partial charge on any atom is 0.317 e. The lowest BCUT2D eigenvalue weighted by molar-refractivity contribution is 0.207. The van der Waals surface area contributed by atoms with E-state index in [2.05, 4.69) is 16.5 Å². The molecule has 0 unspecified atom stereocenters. The van der Waals surface area contributed by atoms with Gasteiger partial charge in [0.2, 0.25) is 0 Å². The molecule has 102 valence electrons. The van der Waals surface area contributed by atoms with Gasteiger partial charge in [-0.3, -0.25) is 4.68 Å². The monoisotopic (exact) mass is 278 g/mol. The third-order valence-electron chi connectivity index (χ3n) is 2.75. The van der Waals surface area contributed by atoms with Crippen LogP contribution in [0.4, 0.5) is 4.79 Å². The molecule has 0 aliphatic rings. The van der Waals surface area contributed by atoms with Crippen LogP contribution in [0.3, 0.4) is 0 Å². The Balaban J connectivity index is 1.73. The summed E-state index contributed by atoms with van der Waals surface area (Å²) in [7, 11) is 3.65. The number of carbonyl (C=O) groups excluding carboxylic acids is 1. The highest BCUT2D eigenvalue weighted by molar-refractivity contribution is 7.09. The number of hydrogen-bond donors (Lipinski definition) is 1. The Bertz CT molecular complexity index is 520. The summed E-state index contributed by atoms with van der Waals surface area (Å²) in [6, 6.07) is 4.05. The number of amides is 2. The molecule has 19 heavy (non-hydrogen) atoms. The predicted molar refractivity (Wildman–Crippen MR) is 76.1 cm³/mol. The van der Waals surface area contributed by atoms with Gasteiger partial charge in [-0.15, -0.1) is 11.3 Å². The van der Waals surface area contributed by atoms with E-state index in [1.807, 2.05) is 24.7 Å². The van der Waals surface area contributed by atoms with E-state index in [0.717, 1.165) is 12.0 Å². The molecule has 6 heteroatoms. The Kier molecular flexibility index (Phi) is 4.57. The fourth-order valence-electron chi connectivity index (χ4n) is 1.78. The summed E-state index contributed by atoms with van der Waals surface area (Å²) >= 11 is 1.71. The van der Waals surface area contributed by atoms with Crippen LogP contribution >= 0.6 is 11.3 Å². The van der Waals surface area contributed by atoms with Gasteiger partial charge in [0.25, 0.3) is 0 Å². The minimum absolute atomic E-state index is 0.0552. The normalized spacial score (nSPS) is 10.4. The number of aryl methyl sites for hydroxylation is 1. The molecule has 2 rings (SSSR count). The number of hydrogen-bond acceptors (Lipinski definition) is 3. The van der Waals surface area contributed by atoms with E-state index in [1.54, 1.807) is 34.2 Å². The number of nitrogens with zero attached hydrogens (tertiary/aromatic N) is 3. The second-order valence-corrected chi connectivity index (χ2v) is 5.47. The summed E-state index contributed by atoms with van der Waals surface area (Å²) in [5.41, 5.74) is 1.03. The van der Waals surface area contributed by atoms with E-state index < -0.39 is 0 Å². The van der Waals surface area contributed by atoms with Crippen molar-refractivity contribution in [1.82, 2.24) is 20.0 Å². The highest BCUT2D eigenvalue weighted by Gasteiger charge is 2.09. The van der Waals surface area contributed by atoms with Crippen molar-refractivity contribution < 1.29 is 4.79 Å². The average Bonchev–Trinajstić information content (AvgIpc) is 3.01. The van der Waals surface area contributed by atoms with Crippen molar-refractivity contribution in [2.45, 2.75) is 13.0 Å². The van der Waals surface area contributed by atoms with Crippen molar-refractivity contribution >= 4 is 17.4 Å². The van der Waals surface area contributed by atoms with Crippen LogP contribution in [0.15, 0.2) is 29.9 Å². The number of thiophene rings is 1. The Hall–Kier alpha value is -1.82. The lowest BCUT2D eigenvalue weighted by Gasteiger charge is -2.16. The van der Waals surface area contributed by atoms with E-state index in [4.69, 9.17) is 0 Å². The lowest BCUT2D eigenvalue weighted by Crippen LogP contribution is -2.37. The Morgan fingerprint density at radius 1 is 1.58 bits per heavy atom. The van der Waals surface area contributed by atoms with Gasteiger partial charge in [0.15, 0.2) is 0 Å². The molecule has 2 aromatic rings. The fourth-order valence-corrected chi connectivity index (χ4v) is 2.49. The van der Waals surface area contributed by atoms with Crippen molar-refractivity contribution in [3.05, 3.63) is 40.3 Å². The second kappa shape index (κ2) is 6.38. The van der Waals surface area contributed by atoms with Crippen molar-refractivity contribution in [2.75, 3.05) is 13.6 Å². The van der Waals surface area contributed by atoms with E-state index in [-0.39, 0.29) is 6.03 Å². The van der Waals surface area contributed by atoms with E-state index in [0.29, 0.717) is 13.1 Å². The zero-order chi connectivity index (χ0) is 13.7. The number of rotatable bonds is 5. The first-order valence-corrected chi connectivity index (χ1v) is 7.02. The zero-order valence-corrected chi connectivity index (χ0v) is 12.0. The van der Waals surface area contributed by atoms with E-state index >= 15 is 0 Å². The van der Waals surface area contributed by atoms with Gasteiger partial charge in [0.1, 0.15) is 0 Å². The summed E-state index contributed by atoms with van der Waals surface area (Å²) in [6.45, 7) is 1.23. The van der Waals surface area contributed by atoms with Crippen molar-refractivity contribution in [2.24, 2.45) is 7.05 Å². The minimum Gasteiger partial charge on any atom is -0.338 e. The smallest absolute Gasteiger partial charge is 0.317 e. The van der Waals surface area contributed by atoms with Crippen molar-refractivity contribution in [3.8, 4) is 0 Å². The molecular weight excluding hydrogens is 260 g/mol. The Morgan fingerprint density at radius 2 is 2.42 bits per heavy atom. The third kappa shape index (κ3) is 4.10. The zero-order valence-electron chi connectivity index (χ0n) is 11.2. The number of carbonyl (C=O) groups is 1. The van der Waals surface area contributed by atoms with Crippen molar-refractivity contribution in [1.29, 1.82) is 0 Å². The van der Waals surface area contributed by atoms with Gasteiger partial charge >= 0.3 is 6.03 Å². The van der Waals surface area contributed by atoms with Crippen LogP contribution in [0.5, 0.6) is 0 Å². The summed E-state index contributed by atoms with van der Waals surface area (Å²) < 4.78 is 1.73. The Labute approximate surface area is 116 Å². The average molecular weight is 278 g/mol. The molecule has 0 radical (unpaired) electrons. The number of urea groups is 1. The molecule has 0 saturated carbocycles. The van der Waals surface area contributed by atoms with Crippen LogP contribution in [0, 0.1) is 0 Å². The van der Waals surface area contributed by atoms with Gasteiger partial charge in [-0.2, -0.15) is 5.10 Å². The summed E-state index contributed by atoms with van der Waals surface area (Å²) in [5, 5.41) is 9.05. The molecule has 2 aromatic heterocycles.